The lowest BCUT2D eigenvalue weighted by atomic mass is 10.1. The zero-order chi connectivity index (χ0) is 21.9. The summed E-state index contributed by atoms with van der Waals surface area (Å²) in [5, 5.41) is 27.2. The summed E-state index contributed by atoms with van der Waals surface area (Å²) in [7, 11) is 0. The maximum absolute atomic E-state index is 12.7. The number of nitriles is 2. The third kappa shape index (κ3) is 6.55. The van der Waals surface area contributed by atoms with Gasteiger partial charge in [-0.15, -0.1) is 10.2 Å². The first-order chi connectivity index (χ1) is 15.2. The summed E-state index contributed by atoms with van der Waals surface area (Å²) in [6.07, 6.45) is 4.19. The van der Waals surface area contributed by atoms with Gasteiger partial charge in [0.05, 0.1) is 37.3 Å². The number of piperidine rings is 1. The second kappa shape index (κ2) is 12.1. The third-order valence-corrected chi connectivity index (χ3v) is 6.11. The minimum absolute atomic E-state index is 0.101. The SMILES string of the molecule is N#CCCN(CCC#N)C(=O)CSc1nnc(CN2CCCCC2)n1-c1ccccc1. The molecule has 1 aromatic heterocycles. The van der Waals surface area contributed by atoms with Crippen LogP contribution in [-0.4, -0.2) is 62.4 Å². The van der Waals surface area contributed by atoms with E-state index in [-0.39, 0.29) is 24.5 Å². The number of nitrogens with zero attached hydrogens (tertiary/aromatic N) is 7. The van der Waals surface area contributed by atoms with E-state index in [9.17, 15) is 4.79 Å². The molecule has 0 aliphatic carbocycles. The van der Waals surface area contributed by atoms with Gasteiger partial charge in [0, 0.05) is 18.8 Å². The summed E-state index contributed by atoms with van der Waals surface area (Å²) in [5.41, 5.74) is 0.972. The van der Waals surface area contributed by atoms with E-state index in [4.69, 9.17) is 10.5 Å². The zero-order valence-corrected chi connectivity index (χ0v) is 18.4. The first-order valence-electron chi connectivity index (χ1n) is 10.6. The largest absolute Gasteiger partial charge is 0.340 e. The highest BCUT2D eigenvalue weighted by molar-refractivity contribution is 7.99. The number of hydrogen-bond acceptors (Lipinski definition) is 7. The van der Waals surface area contributed by atoms with Crippen molar-refractivity contribution in [2.24, 2.45) is 0 Å². The molecule has 1 saturated heterocycles. The average Bonchev–Trinajstić information content (AvgIpc) is 3.21. The highest BCUT2D eigenvalue weighted by Crippen LogP contribution is 2.24. The van der Waals surface area contributed by atoms with E-state index in [0.29, 0.717) is 18.2 Å². The fourth-order valence-corrected chi connectivity index (χ4v) is 4.47. The Kier molecular flexibility index (Phi) is 8.89. The molecule has 1 aromatic carbocycles. The Labute approximate surface area is 187 Å². The van der Waals surface area contributed by atoms with Gasteiger partial charge < -0.3 is 4.90 Å². The van der Waals surface area contributed by atoms with E-state index in [1.165, 1.54) is 31.0 Å². The molecule has 0 atom stereocenters. The van der Waals surface area contributed by atoms with Crippen LogP contribution in [0.25, 0.3) is 5.69 Å². The fourth-order valence-electron chi connectivity index (χ4n) is 3.60. The first-order valence-corrected chi connectivity index (χ1v) is 11.6. The lowest BCUT2D eigenvalue weighted by Gasteiger charge is -2.26. The Balaban J connectivity index is 1.74. The molecule has 0 radical (unpaired) electrons. The summed E-state index contributed by atoms with van der Waals surface area (Å²) < 4.78 is 2.03. The van der Waals surface area contributed by atoms with Gasteiger partial charge in [-0.25, -0.2) is 0 Å². The number of benzene rings is 1. The second-order valence-corrected chi connectivity index (χ2v) is 8.33. The van der Waals surface area contributed by atoms with E-state index >= 15 is 0 Å². The van der Waals surface area contributed by atoms with Crippen molar-refractivity contribution in [2.75, 3.05) is 31.9 Å². The van der Waals surface area contributed by atoms with Crippen LogP contribution in [0.4, 0.5) is 0 Å². The molecule has 1 aliphatic heterocycles. The van der Waals surface area contributed by atoms with Gasteiger partial charge in [-0.2, -0.15) is 10.5 Å². The van der Waals surface area contributed by atoms with Gasteiger partial charge in [0.15, 0.2) is 11.0 Å². The highest BCUT2D eigenvalue weighted by atomic mass is 32.2. The molecule has 1 fully saturated rings. The maximum Gasteiger partial charge on any atom is 0.233 e. The number of rotatable bonds is 10. The Hall–Kier alpha value is -2.88. The van der Waals surface area contributed by atoms with E-state index in [0.717, 1.165) is 31.1 Å². The lowest BCUT2D eigenvalue weighted by molar-refractivity contribution is -0.128. The van der Waals surface area contributed by atoms with Crippen LogP contribution in [0.2, 0.25) is 0 Å². The predicted molar refractivity (Wildman–Crippen MR) is 118 cm³/mol. The van der Waals surface area contributed by atoms with Gasteiger partial charge >= 0.3 is 0 Å². The molecule has 31 heavy (non-hydrogen) atoms. The zero-order valence-electron chi connectivity index (χ0n) is 17.6. The van der Waals surface area contributed by atoms with Gasteiger partial charge in [-0.3, -0.25) is 14.3 Å². The summed E-state index contributed by atoms with van der Waals surface area (Å²) in [6.45, 7) is 3.53. The van der Waals surface area contributed by atoms with Gasteiger partial charge in [0.1, 0.15) is 0 Å². The molecule has 0 spiro atoms. The van der Waals surface area contributed by atoms with Crippen molar-refractivity contribution in [1.29, 1.82) is 10.5 Å². The molecule has 0 bridgehead atoms. The van der Waals surface area contributed by atoms with Crippen LogP contribution in [0.3, 0.4) is 0 Å². The van der Waals surface area contributed by atoms with E-state index in [1.807, 2.05) is 34.9 Å². The maximum atomic E-state index is 12.7. The van der Waals surface area contributed by atoms with Crippen molar-refractivity contribution in [3.05, 3.63) is 36.2 Å². The van der Waals surface area contributed by atoms with E-state index in [2.05, 4.69) is 27.2 Å². The third-order valence-electron chi connectivity index (χ3n) is 5.19. The van der Waals surface area contributed by atoms with Crippen molar-refractivity contribution in [3.8, 4) is 17.8 Å². The number of hydrogen-bond donors (Lipinski definition) is 0. The van der Waals surface area contributed by atoms with Crippen molar-refractivity contribution in [2.45, 2.75) is 43.8 Å². The second-order valence-electron chi connectivity index (χ2n) is 7.39. The topological polar surface area (TPSA) is 102 Å². The highest BCUT2D eigenvalue weighted by Gasteiger charge is 2.20. The van der Waals surface area contributed by atoms with Gasteiger partial charge in [-0.1, -0.05) is 36.4 Å². The number of thioether (sulfide) groups is 1. The predicted octanol–water partition coefficient (Wildman–Crippen LogP) is 3.00. The molecule has 162 valence electrons. The molecule has 1 amide bonds. The Morgan fingerprint density at radius 1 is 1.03 bits per heavy atom. The fraction of sp³-hybridized carbons (Fsp3) is 0.500. The molecule has 8 nitrogen and oxygen atoms in total. The average molecular weight is 438 g/mol. The monoisotopic (exact) mass is 437 g/mol. The van der Waals surface area contributed by atoms with Gasteiger partial charge in [0.2, 0.25) is 5.91 Å². The van der Waals surface area contributed by atoms with Crippen LogP contribution in [0.15, 0.2) is 35.5 Å². The van der Waals surface area contributed by atoms with Crippen molar-refractivity contribution >= 4 is 17.7 Å². The Morgan fingerprint density at radius 2 is 1.71 bits per heavy atom. The van der Waals surface area contributed by atoms with Crippen LogP contribution in [-0.2, 0) is 11.3 Å². The van der Waals surface area contributed by atoms with E-state index < -0.39 is 0 Å². The molecule has 2 aromatic rings. The van der Waals surface area contributed by atoms with Crippen molar-refractivity contribution in [1.82, 2.24) is 24.6 Å². The Morgan fingerprint density at radius 3 is 2.35 bits per heavy atom. The van der Waals surface area contributed by atoms with Crippen LogP contribution in [0.5, 0.6) is 0 Å². The number of aromatic nitrogens is 3. The smallest absolute Gasteiger partial charge is 0.233 e. The van der Waals surface area contributed by atoms with Crippen molar-refractivity contribution in [3.63, 3.8) is 0 Å². The molecule has 0 saturated carbocycles. The lowest BCUT2D eigenvalue weighted by Crippen LogP contribution is -2.34. The van der Waals surface area contributed by atoms with Crippen LogP contribution in [0.1, 0.15) is 37.9 Å². The first kappa shape index (κ1) is 22.8. The van der Waals surface area contributed by atoms with Crippen LogP contribution < -0.4 is 0 Å². The van der Waals surface area contributed by atoms with Gasteiger partial charge in [-0.05, 0) is 38.1 Å². The number of para-hydroxylation sites is 1. The summed E-state index contributed by atoms with van der Waals surface area (Å²) in [5.74, 6) is 0.954. The van der Waals surface area contributed by atoms with Gasteiger partial charge in [0.25, 0.3) is 0 Å². The summed E-state index contributed by atoms with van der Waals surface area (Å²) in [4.78, 5) is 16.7. The minimum Gasteiger partial charge on any atom is -0.340 e. The molecule has 2 heterocycles. The molecular formula is C22H27N7OS. The summed E-state index contributed by atoms with van der Waals surface area (Å²) in [6, 6.07) is 14.1. The Bertz CT molecular complexity index is 908. The van der Waals surface area contributed by atoms with E-state index in [1.54, 1.807) is 4.90 Å². The molecule has 9 heteroatoms. The number of carbonyl (C=O) groups excluding carboxylic acids is 1. The number of carbonyl (C=O) groups is 1. The minimum atomic E-state index is -0.101. The number of likely N-dealkylation sites (tertiary alicyclic amines) is 1. The quantitative estimate of drug-likeness (QED) is 0.527. The molecule has 3 rings (SSSR count). The standard InChI is InChI=1S/C22H27N7OS/c23-11-7-15-28(16-8-12-24)21(30)18-31-22-26-25-20(17-27-13-5-2-6-14-27)29(22)19-9-3-1-4-10-19/h1,3-4,9-10H,2,5-8,13-18H2. The molecular weight excluding hydrogens is 410 g/mol. The normalized spacial score (nSPS) is 14.0. The number of amides is 1. The van der Waals surface area contributed by atoms with Crippen LogP contribution in [0, 0.1) is 22.7 Å². The summed E-state index contributed by atoms with van der Waals surface area (Å²) >= 11 is 1.34. The molecule has 1 aliphatic rings. The molecule has 0 N–H and O–H groups in total. The van der Waals surface area contributed by atoms with Crippen molar-refractivity contribution < 1.29 is 4.79 Å². The van der Waals surface area contributed by atoms with Crippen LogP contribution >= 0.6 is 11.8 Å². The molecule has 0 unspecified atom stereocenters.